The molecule has 3 N–H and O–H groups in total. The van der Waals surface area contributed by atoms with Gasteiger partial charge in [-0.2, -0.15) is 6.07 Å². The van der Waals surface area contributed by atoms with Crippen LogP contribution in [0.3, 0.4) is 0 Å². The van der Waals surface area contributed by atoms with Crippen LogP contribution >= 0.6 is 0 Å². The Kier molecular flexibility index (Phi) is 7.15. The van der Waals surface area contributed by atoms with E-state index in [0.29, 0.717) is 0 Å². The minimum atomic E-state index is -3.64. The molecule has 2 aromatic rings. The number of carbonyl (C=O) groups excluding carboxylic acids is 2. The van der Waals surface area contributed by atoms with Crippen molar-refractivity contribution < 1.29 is 60.2 Å². The van der Waals surface area contributed by atoms with Gasteiger partial charge in [0, 0.05) is 12.0 Å². The number of phenols is 1. The zero-order valence-corrected chi connectivity index (χ0v) is 18.0. The molecular weight excluding hydrogens is 437 g/mol. The van der Waals surface area contributed by atoms with Crippen LogP contribution in [-0.2, 0) is 47.3 Å². The van der Waals surface area contributed by atoms with Crippen molar-refractivity contribution in [1.82, 2.24) is 0 Å². The van der Waals surface area contributed by atoms with Crippen molar-refractivity contribution >= 4 is 33.0 Å². The minimum Gasteiger partial charge on any atom is -0.531 e. The van der Waals surface area contributed by atoms with Gasteiger partial charge in [-0.3, -0.25) is 9.59 Å². The van der Waals surface area contributed by atoms with E-state index in [4.69, 9.17) is 4.42 Å². The molecule has 134 valence electrons. The predicted molar refractivity (Wildman–Crippen MR) is 91.2 cm³/mol. The van der Waals surface area contributed by atoms with Crippen molar-refractivity contribution in [2.24, 2.45) is 0 Å². The third kappa shape index (κ3) is 4.93. The molecule has 1 heterocycles. The quantitative estimate of drug-likeness (QED) is 0.467. The van der Waals surface area contributed by atoms with Crippen molar-refractivity contribution in [1.29, 1.82) is 0 Å². The minimum absolute atomic E-state index is 0. The molecule has 26 heavy (non-hydrogen) atoms. The molecule has 0 fully saturated rings. The van der Waals surface area contributed by atoms with Crippen LogP contribution in [0.2, 0.25) is 0 Å². The number of amides is 2. The second-order valence-electron chi connectivity index (χ2n) is 5.85. The van der Waals surface area contributed by atoms with Crippen molar-refractivity contribution in [3.63, 3.8) is 0 Å². The van der Waals surface area contributed by atoms with E-state index in [-0.39, 0.29) is 55.4 Å². The molecule has 0 radical (unpaired) electrons. The number of furan rings is 1. The topological polar surface area (TPSA) is 126 Å². The first-order valence-electron chi connectivity index (χ1n) is 7.11. The number of sulfone groups is 1. The van der Waals surface area contributed by atoms with Crippen LogP contribution in [0.4, 0.5) is 11.4 Å². The first-order valence-corrected chi connectivity index (χ1v) is 9.01. The van der Waals surface area contributed by atoms with Gasteiger partial charge < -0.3 is 20.2 Å². The van der Waals surface area contributed by atoms with E-state index in [2.05, 4.69) is 16.7 Å². The normalized spacial score (nSPS) is 11.3. The van der Waals surface area contributed by atoms with E-state index in [1.807, 2.05) is 0 Å². The molecule has 2 rings (SSSR count). The molecule has 8 nitrogen and oxygen atoms in total. The summed E-state index contributed by atoms with van der Waals surface area (Å²) < 4.78 is 26.5. The van der Waals surface area contributed by atoms with Crippen molar-refractivity contribution in [3.05, 3.63) is 42.4 Å². The predicted octanol–water partition coefficient (Wildman–Crippen LogP) is 1.80. The molecule has 10 heteroatoms. The number of phenolic OH excluding ortho intramolecular Hbond substituents is 1. The van der Waals surface area contributed by atoms with Crippen molar-refractivity contribution in [3.8, 4) is 5.75 Å². The van der Waals surface area contributed by atoms with Gasteiger partial charge in [0.15, 0.2) is 9.84 Å². The van der Waals surface area contributed by atoms with Crippen LogP contribution in [0, 0.1) is 6.07 Å². The van der Waals surface area contributed by atoms with Crippen LogP contribution in [0.15, 0.2) is 35.1 Å². The Balaban J connectivity index is 0.00000338. The average molecular weight is 454 g/mol. The molecule has 1 aromatic carbocycles. The first kappa shape index (κ1) is 22.3. The Morgan fingerprint density at radius 1 is 1.27 bits per heavy atom. The molecule has 0 atom stereocenters. The standard InChI is InChI=1S/C16H17N2O6S.Y/c1-16(2,25(3,22)23)15(21)17-11-4-5-12(13(19)8-11)18-14(20)10-6-7-24-9-10;/h5-9,19H,1-3H3,(H,17,21)(H,18,20);/q-1;+3. The molecule has 2 amide bonds. The molecule has 1 aromatic heterocycles. The summed E-state index contributed by atoms with van der Waals surface area (Å²) in [4.78, 5) is 24.0. The molecule has 0 saturated heterocycles. The molecular formula is C16H17N2O6SY+2. The summed E-state index contributed by atoms with van der Waals surface area (Å²) >= 11 is 0. The van der Waals surface area contributed by atoms with Crippen LogP contribution in [0.5, 0.6) is 5.75 Å². The molecule has 0 aliphatic heterocycles. The number of carbonyl (C=O) groups is 2. The maximum atomic E-state index is 12.1. The fourth-order valence-corrected chi connectivity index (χ4v) is 2.07. The Morgan fingerprint density at radius 3 is 2.42 bits per heavy atom. The second-order valence-corrected chi connectivity index (χ2v) is 8.41. The summed E-state index contributed by atoms with van der Waals surface area (Å²) in [6.45, 7) is 2.55. The Labute approximate surface area is 176 Å². The molecule has 0 aliphatic carbocycles. The summed E-state index contributed by atoms with van der Waals surface area (Å²) in [5, 5.41) is 14.8. The van der Waals surface area contributed by atoms with Gasteiger partial charge in [-0.1, -0.05) is 5.69 Å². The van der Waals surface area contributed by atoms with E-state index < -0.39 is 26.4 Å². The summed E-state index contributed by atoms with van der Waals surface area (Å²) in [5.41, 5.74) is 0.416. The van der Waals surface area contributed by atoms with E-state index >= 15 is 0 Å². The SMILES string of the molecule is CC(C)(C(=O)Nc1[c-]cc(NC(=O)c2ccoc2)c(O)c1)S(C)(=O)=O.[Y+3]. The van der Waals surface area contributed by atoms with Gasteiger partial charge >= 0.3 is 32.7 Å². The van der Waals surface area contributed by atoms with Gasteiger partial charge in [0.05, 0.1) is 11.8 Å². The molecule has 0 saturated carbocycles. The van der Waals surface area contributed by atoms with Crippen LogP contribution in [-0.4, -0.2) is 36.3 Å². The summed E-state index contributed by atoms with van der Waals surface area (Å²) in [6.07, 6.45) is 3.54. The largest absolute Gasteiger partial charge is 3.00 e. The number of aromatic hydroxyl groups is 1. The van der Waals surface area contributed by atoms with Crippen molar-refractivity contribution in [2.45, 2.75) is 18.6 Å². The van der Waals surface area contributed by atoms with Gasteiger partial charge in [0.2, 0.25) is 11.8 Å². The summed E-state index contributed by atoms with van der Waals surface area (Å²) in [6, 6.07) is 6.53. The zero-order chi connectivity index (χ0) is 18.8. The number of nitrogens with one attached hydrogen (secondary N) is 2. The van der Waals surface area contributed by atoms with Gasteiger partial charge in [-0.15, -0.1) is 12.1 Å². The second kappa shape index (κ2) is 8.32. The number of hydrogen-bond donors (Lipinski definition) is 3. The van der Waals surface area contributed by atoms with Crippen LogP contribution < -0.4 is 10.6 Å². The van der Waals surface area contributed by atoms with Gasteiger partial charge in [0.1, 0.15) is 11.0 Å². The monoisotopic (exact) mass is 454 g/mol. The number of rotatable bonds is 5. The van der Waals surface area contributed by atoms with Gasteiger partial charge in [-0.05, 0) is 25.6 Å². The average Bonchev–Trinajstić information content (AvgIpc) is 3.03. The fraction of sp³-hybridized carbons (Fsp3) is 0.250. The Bertz CT molecular complexity index is 907. The van der Waals surface area contributed by atoms with E-state index in [1.165, 1.54) is 38.5 Å². The Morgan fingerprint density at radius 2 is 1.92 bits per heavy atom. The fourth-order valence-electron chi connectivity index (χ4n) is 1.68. The van der Waals surface area contributed by atoms with E-state index in [9.17, 15) is 23.1 Å². The molecule has 0 spiro atoms. The third-order valence-corrected chi connectivity index (χ3v) is 5.72. The summed E-state index contributed by atoms with van der Waals surface area (Å²) in [7, 11) is -3.64. The van der Waals surface area contributed by atoms with Gasteiger partial charge in [0.25, 0.3) is 0 Å². The molecule has 0 unspecified atom stereocenters. The van der Waals surface area contributed by atoms with Crippen LogP contribution in [0.1, 0.15) is 24.2 Å². The maximum Gasteiger partial charge on any atom is 3.00 e. The Hall–Kier alpha value is -1.71. The van der Waals surface area contributed by atoms with Gasteiger partial charge in [-0.25, -0.2) is 8.42 Å². The number of anilines is 2. The zero-order valence-electron chi connectivity index (χ0n) is 14.4. The maximum absolute atomic E-state index is 12.1. The first-order chi connectivity index (χ1) is 11.5. The van der Waals surface area contributed by atoms with Crippen LogP contribution in [0.25, 0.3) is 0 Å². The van der Waals surface area contributed by atoms with Crippen molar-refractivity contribution in [2.75, 3.05) is 16.9 Å². The number of hydrogen-bond acceptors (Lipinski definition) is 6. The van der Waals surface area contributed by atoms with E-state index in [0.717, 1.165) is 12.3 Å². The number of benzene rings is 1. The smallest absolute Gasteiger partial charge is 0.531 e. The van der Waals surface area contributed by atoms with E-state index in [1.54, 1.807) is 0 Å². The summed E-state index contributed by atoms with van der Waals surface area (Å²) in [5.74, 6) is -1.57. The molecule has 0 aliphatic rings. The molecule has 0 bridgehead atoms. The third-order valence-electron chi connectivity index (χ3n) is 3.68.